The quantitative estimate of drug-likeness (QED) is 0.186. The van der Waals surface area contributed by atoms with Gasteiger partial charge in [-0.05, 0) is 63.7 Å². The molecule has 1 aliphatic heterocycles. The molecular formula is C51H37N5. The van der Waals surface area contributed by atoms with E-state index < -0.39 is 0 Å². The summed E-state index contributed by atoms with van der Waals surface area (Å²) in [5.41, 5.74) is 12.6. The van der Waals surface area contributed by atoms with Crippen LogP contribution in [0.1, 0.15) is 23.5 Å². The zero-order valence-electron chi connectivity index (χ0n) is 30.5. The van der Waals surface area contributed by atoms with E-state index in [0.29, 0.717) is 0 Å². The van der Waals surface area contributed by atoms with E-state index >= 15 is 0 Å². The monoisotopic (exact) mass is 719 g/mol. The second-order valence-corrected chi connectivity index (χ2v) is 14.5. The Morgan fingerprint density at radius 1 is 0.393 bits per heavy atom. The number of para-hydroxylation sites is 2. The zero-order valence-corrected chi connectivity index (χ0v) is 30.5. The molecule has 0 bridgehead atoms. The minimum absolute atomic E-state index is 0.168. The molecule has 0 radical (unpaired) electrons. The van der Waals surface area contributed by atoms with Crippen LogP contribution in [-0.4, -0.2) is 15.1 Å². The SMILES string of the molecule is c1ccc(-c2cccc(-c3cccc(-n4c5ccccc5c5ccc6c7ccccc7n(C7=NC(c8ccccc8)NC(c8ccccc8)N7)c6c54)c3)c2)cc1. The van der Waals surface area contributed by atoms with E-state index in [4.69, 9.17) is 4.99 Å². The Hall–Kier alpha value is -7.21. The summed E-state index contributed by atoms with van der Waals surface area (Å²) in [6.45, 7) is 0. The highest BCUT2D eigenvalue weighted by atomic mass is 15.4. The van der Waals surface area contributed by atoms with Crippen LogP contribution in [0.15, 0.2) is 205 Å². The van der Waals surface area contributed by atoms with Crippen LogP contribution in [-0.2, 0) is 0 Å². The number of fused-ring (bicyclic) bond motifs is 7. The van der Waals surface area contributed by atoms with Gasteiger partial charge in [0.15, 0.2) is 0 Å². The number of aromatic nitrogens is 2. The normalized spacial score (nSPS) is 15.7. The van der Waals surface area contributed by atoms with Crippen molar-refractivity contribution in [3.8, 4) is 27.9 Å². The molecule has 5 heteroatoms. The molecule has 266 valence electrons. The molecule has 0 saturated heterocycles. The maximum absolute atomic E-state index is 5.47. The summed E-state index contributed by atoms with van der Waals surface area (Å²) in [6, 6.07) is 71.6. The van der Waals surface area contributed by atoms with Crippen molar-refractivity contribution in [3.05, 3.63) is 211 Å². The maximum Gasteiger partial charge on any atom is 0.206 e. The smallest absolute Gasteiger partial charge is 0.206 e. The lowest BCUT2D eigenvalue weighted by molar-refractivity contribution is 0.403. The molecule has 0 amide bonds. The minimum Gasteiger partial charge on any atom is -0.336 e. The topological polar surface area (TPSA) is 46.3 Å². The van der Waals surface area contributed by atoms with Crippen molar-refractivity contribution in [2.24, 2.45) is 4.99 Å². The Balaban J connectivity index is 1.18. The van der Waals surface area contributed by atoms with E-state index in [1.165, 1.54) is 43.8 Å². The summed E-state index contributed by atoms with van der Waals surface area (Å²) in [5.74, 6) is 0.799. The first-order valence-corrected chi connectivity index (χ1v) is 19.2. The van der Waals surface area contributed by atoms with Crippen LogP contribution in [0.25, 0.3) is 71.6 Å². The van der Waals surface area contributed by atoms with Crippen LogP contribution in [0.2, 0.25) is 0 Å². The fourth-order valence-electron chi connectivity index (χ4n) is 8.60. The highest BCUT2D eigenvalue weighted by molar-refractivity contribution is 6.25. The van der Waals surface area contributed by atoms with Gasteiger partial charge in [-0.3, -0.25) is 9.88 Å². The van der Waals surface area contributed by atoms with Crippen molar-refractivity contribution in [3.63, 3.8) is 0 Å². The number of nitrogens with one attached hydrogen (secondary N) is 2. The molecule has 2 N–H and O–H groups in total. The van der Waals surface area contributed by atoms with Gasteiger partial charge in [0.25, 0.3) is 0 Å². The first kappa shape index (κ1) is 32.2. The lowest BCUT2D eigenvalue weighted by atomic mass is 9.99. The first-order chi connectivity index (χ1) is 27.8. The number of nitrogens with zero attached hydrogens (tertiary/aromatic N) is 3. The predicted molar refractivity (Wildman–Crippen MR) is 232 cm³/mol. The standard InChI is InChI=1S/C51H37N5/c1-4-16-34(17-5-1)37-22-14-23-38(32-37)39-24-15-25-40(33-39)55-45-28-12-10-26-41(45)43-30-31-44-42-27-11-13-29-46(42)56(48(44)47(43)55)51-53-49(35-18-6-2-7-19-35)52-50(54-51)36-20-8-3-9-21-36/h1-33,49-50,52H,(H,53,54). The summed E-state index contributed by atoms with van der Waals surface area (Å²) in [4.78, 5) is 5.47. The molecule has 56 heavy (non-hydrogen) atoms. The highest BCUT2D eigenvalue weighted by Gasteiger charge is 2.29. The molecule has 3 heterocycles. The van der Waals surface area contributed by atoms with Gasteiger partial charge in [0.2, 0.25) is 5.96 Å². The Morgan fingerprint density at radius 3 is 1.57 bits per heavy atom. The Morgan fingerprint density at radius 2 is 0.893 bits per heavy atom. The summed E-state index contributed by atoms with van der Waals surface area (Å²) in [5, 5.41) is 12.4. The van der Waals surface area contributed by atoms with Crippen molar-refractivity contribution in [2.45, 2.75) is 12.3 Å². The average Bonchev–Trinajstić information content (AvgIpc) is 3.80. The van der Waals surface area contributed by atoms with Crippen LogP contribution in [0, 0.1) is 0 Å². The van der Waals surface area contributed by atoms with Gasteiger partial charge in [-0.1, -0.05) is 170 Å². The third-order valence-corrected chi connectivity index (χ3v) is 11.2. The first-order valence-electron chi connectivity index (χ1n) is 19.2. The summed E-state index contributed by atoms with van der Waals surface area (Å²) in [7, 11) is 0. The highest BCUT2D eigenvalue weighted by Crippen LogP contribution is 2.41. The van der Waals surface area contributed by atoms with Gasteiger partial charge in [0.1, 0.15) is 12.3 Å². The lowest BCUT2D eigenvalue weighted by Gasteiger charge is -2.32. The molecule has 1 aliphatic rings. The average molecular weight is 720 g/mol. The fourth-order valence-corrected chi connectivity index (χ4v) is 8.60. The number of aliphatic imine (C=N–C) groups is 1. The summed E-state index contributed by atoms with van der Waals surface area (Å²) < 4.78 is 4.82. The Labute approximate surface area is 324 Å². The van der Waals surface area contributed by atoms with Crippen LogP contribution in [0.4, 0.5) is 0 Å². The molecule has 0 fully saturated rings. The predicted octanol–water partition coefficient (Wildman–Crippen LogP) is 12.0. The van der Waals surface area contributed by atoms with E-state index in [2.05, 4.69) is 220 Å². The molecule has 0 aliphatic carbocycles. The lowest BCUT2D eigenvalue weighted by Crippen LogP contribution is -2.47. The van der Waals surface area contributed by atoms with E-state index in [9.17, 15) is 0 Å². The summed E-state index contributed by atoms with van der Waals surface area (Å²) >= 11 is 0. The van der Waals surface area contributed by atoms with E-state index in [0.717, 1.165) is 44.8 Å². The van der Waals surface area contributed by atoms with Gasteiger partial charge >= 0.3 is 0 Å². The van der Waals surface area contributed by atoms with E-state index in [1.54, 1.807) is 0 Å². The molecule has 2 aromatic heterocycles. The number of hydrogen-bond acceptors (Lipinski definition) is 3. The van der Waals surface area contributed by atoms with Crippen molar-refractivity contribution >= 4 is 49.6 Å². The van der Waals surface area contributed by atoms with E-state index in [1.807, 2.05) is 0 Å². The fraction of sp³-hybridized carbons (Fsp3) is 0.0392. The largest absolute Gasteiger partial charge is 0.336 e. The molecule has 0 saturated carbocycles. The number of hydrogen-bond donors (Lipinski definition) is 2. The molecule has 2 atom stereocenters. The molecule has 11 rings (SSSR count). The molecule has 5 nitrogen and oxygen atoms in total. The van der Waals surface area contributed by atoms with Gasteiger partial charge in [-0.2, -0.15) is 0 Å². The van der Waals surface area contributed by atoms with Crippen molar-refractivity contribution in [1.82, 2.24) is 19.8 Å². The van der Waals surface area contributed by atoms with Crippen LogP contribution in [0.3, 0.4) is 0 Å². The van der Waals surface area contributed by atoms with Gasteiger partial charge in [-0.15, -0.1) is 0 Å². The molecule has 2 unspecified atom stereocenters. The Kier molecular flexibility index (Phi) is 7.64. The Bertz CT molecular complexity index is 3090. The summed E-state index contributed by atoms with van der Waals surface area (Å²) in [6.07, 6.45) is -0.430. The van der Waals surface area contributed by atoms with Crippen molar-refractivity contribution in [1.29, 1.82) is 0 Å². The molecule has 10 aromatic rings. The van der Waals surface area contributed by atoms with Crippen LogP contribution in [0.5, 0.6) is 0 Å². The minimum atomic E-state index is -0.262. The molecular weight excluding hydrogens is 683 g/mol. The van der Waals surface area contributed by atoms with Gasteiger partial charge in [-0.25, -0.2) is 4.99 Å². The third kappa shape index (κ3) is 5.32. The molecule has 0 spiro atoms. The number of benzene rings is 8. The zero-order chi connectivity index (χ0) is 37.0. The van der Waals surface area contributed by atoms with Crippen LogP contribution >= 0.6 is 0 Å². The van der Waals surface area contributed by atoms with Gasteiger partial charge in [0.05, 0.1) is 22.1 Å². The van der Waals surface area contributed by atoms with Crippen molar-refractivity contribution < 1.29 is 0 Å². The second-order valence-electron chi connectivity index (χ2n) is 14.5. The second kappa shape index (κ2) is 13.3. The van der Waals surface area contributed by atoms with Crippen molar-refractivity contribution in [2.75, 3.05) is 0 Å². The van der Waals surface area contributed by atoms with Crippen LogP contribution < -0.4 is 10.6 Å². The van der Waals surface area contributed by atoms with Gasteiger partial charge < -0.3 is 9.88 Å². The van der Waals surface area contributed by atoms with Gasteiger partial charge in [0, 0.05) is 27.2 Å². The molecule has 8 aromatic carbocycles. The third-order valence-electron chi connectivity index (χ3n) is 11.2. The van der Waals surface area contributed by atoms with E-state index in [-0.39, 0.29) is 12.3 Å². The maximum atomic E-state index is 5.47. The number of rotatable bonds is 5.